The van der Waals surface area contributed by atoms with Crippen LogP contribution >= 0.6 is 23.2 Å². The maximum Gasteiger partial charge on any atom is 0.330 e. The number of nitrogens with zero attached hydrogens (tertiary/aromatic N) is 3. The summed E-state index contributed by atoms with van der Waals surface area (Å²) >= 11 is 11.8. The monoisotopic (exact) mass is 300 g/mol. The van der Waals surface area contributed by atoms with Crippen molar-refractivity contribution in [1.29, 1.82) is 0 Å². The molecule has 0 radical (unpaired) electrons. The number of nitrogens with one attached hydrogen (secondary N) is 1. The molecule has 0 aliphatic carbocycles. The van der Waals surface area contributed by atoms with Gasteiger partial charge in [0, 0.05) is 17.1 Å². The molecule has 1 heterocycles. The van der Waals surface area contributed by atoms with Gasteiger partial charge in [0.25, 0.3) is 0 Å². The van der Waals surface area contributed by atoms with Gasteiger partial charge in [-0.1, -0.05) is 23.2 Å². The number of halogens is 2. The summed E-state index contributed by atoms with van der Waals surface area (Å²) in [6, 6.07) is 5.02. The minimum absolute atomic E-state index is 0.0783. The molecule has 8 heteroatoms. The van der Waals surface area contributed by atoms with Crippen molar-refractivity contribution in [1.82, 2.24) is 15.0 Å². The van der Waals surface area contributed by atoms with E-state index >= 15 is 0 Å². The summed E-state index contributed by atoms with van der Waals surface area (Å²) in [7, 11) is 3.13. The normalized spacial score (nSPS) is 10.1. The van der Waals surface area contributed by atoms with Gasteiger partial charge in [0.15, 0.2) is 0 Å². The van der Waals surface area contributed by atoms with Crippen LogP contribution in [0.1, 0.15) is 0 Å². The van der Waals surface area contributed by atoms with Crippen LogP contribution in [0.15, 0.2) is 18.2 Å². The Morgan fingerprint density at radius 1 is 1.00 bits per heavy atom. The number of benzene rings is 1. The van der Waals surface area contributed by atoms with E-state index in [0.29, 0.717) is 21.7 Å². The fraction of sp³-hybridized carbons (Fsp3) is 0.182. The van der Waals surface area contributed by atoms with Crippen LogP contribution < -0.4 is 14.8 Å². The highest BCUT2D eigenvalue weighted by molar-refractivity contribution is 6.34. The van der Waals surface area contributed by atoms with E-state index in [0.717, 1.165) is 0 Å². The third kappa shape index (κ3) is 3.59. The Morgan fingerprint density at radius 2 is 1.63 bits per heavy atom. The molecule has 0 fully saturated rings. The molecule has 0 saturated heterocycles. The van der Waals surface area contributed by atoms with Crippen LogP contribution in [-0.4, -0.2) is 29.1 Å². The van der Waals surface area contributed by atoms with Crippen molar-refractivity contribution in [2.75, 3.05) is 19.5 Å². The third-order valence-corrected chi connectivity index (χ3v) is 2.48. The van der Waals surface area contributed by atoms with Gasteiger partial charge in [-0.05, 0) is 18.2 Å². The lowest BCUT2D eigenvalue weighted by Gasteiger charge is -2.07. The zero-order chi connectivity index (χ0) is 13.8. The first-order valence-electron chi connectivity index (χ1n) is 5.22. The first kappa shape index (κ1) is 13.6. The first-order chi connectivity index (χ1) is 9.10. The highest BCUT2D eigenvalue weighted by Gasteiger charge is 2.09. The second-order valence-corrected chi connectivity index (χ2v) is 4.26. The van der Waals surface area contributed by atoms with Gasteiger partial charge in [0.05, 0.1) is 7.11 Å². The predicted octanol–water partition coefficient (Wildman–Crippen LogP) is 3.02. The van der Waals surface area contributed by atoms with E-state index in [1.165, 1.54) is 7.11 Å². The molecule has 0 spiro atoms. The average molecular weight is 301 g/mol. The van der Waals surface area contributed by atoms with Crippen molar-refractivity contribution >= 4 is 29.2 Å². The van der Waals surface area contributed by atoms with Crippen molar-refractivity contribution in [3.63, 3.8) is 0 Å². The molecule has 0 atom stereocenters. The van der Waals surface area contributed by atoms with Crippen LogP contribution in [0.25, 0.3) is 0 Å². The van der Waals surface area contributed by atoms with Crippen LogP contribution in [0, 0.1) is 0 Å². The Morgan fingerprint density at radius 3 is 2.21 bits per heavy atom. The van der Waals surface area contributed by atoms with Crippen LogP contribution in [-0.2, 0) is 0 Å². The van der Waals surface area contributed by atoms with Crippen LogP contribution in [0.5, 0.6) is 17.8 Å². The van der Waals surface area contributed by atoms with Gasteiger partial charge >= 0.3 is 12.0 Å². The highest BCUT2D eigenvalue weighted by atomic mass is 35.5. The van der Waals surface area contributed by atoms with Crippen molar-refractivity contribution in [2.24, 2.45) is 0 Å². The van der Waals surface area contributed by atoms with E-state index in [-0.39, 0.29) is 12.0 Å². The maximum atomic E-state index is 5.88. The number of anilines is 1. The first-order valence-corrected chi connectivity index (χ1v) is 5.98. The lowest BCUT2D eigenvalue weighted by Crippen LogP contribution is -2.03. The van der Waals surface area contributed by atoms with E-state index in [1.807, 2.05) is 0 Å². The van der Waals surface area contributed by atoms with Crippen LogP contribution in [0.3, 0.4) is 0 Å². The van der Waals surface area contributed by atoms with Gasteiger partial charge in [0.1, 0.15) is 5.75 Å². The summed E-state index contributed by atoms with van der Waals surface area (Å²) in [6.07, 6.45) is 0. The number of ether oxygens (including phenoxy) is 2. The highest BCUT2D eigenvalue weighted by Crippen LogP contribution is 2.27. The SMILES string of the molecule is CNc1nc(OC)nc(Oc2cc(Cl)cc(Cl)c2)n1. The fourth-order valence-corrected chi connectivity index (χ4v) is 1.79. The zero-order valence-electron chi connectivity index (χ0n) is 10.1. The molecular formula is C11H10Cl2N4O2. The summed E-state index contributed by atoms with van der Waals surface area (Å²) in [6.45, 7) is 0. The van der Waals surface area contributed by atoms with Gasteiger partial charge in [0.2, 0.25) is 5.95 Å². The second-order valence-electron chi connectivity index (χ2n) is 3.39. The molecule has 1 N–H and O–H groups in total. The molecule has 1 aromatic carbocycles. The lowest BCUT2D eigenvalue weighted by atomic mass is 10.3. The van der Waals surface area contributed by atoms with Crippen molar-refractivity contribution < 1.29 is 9.47 Å². The van der Waals surface area contributed by atoms with E-state index in [9.17, 15) is 0 Å². The summed E-state index contributed by atoms with van der Waals surface area (Å²) < 4.78 is 10.4. The predicted molar refractivity (Wildman–Crippen MR) is 72.5 cm³/mol. The van der Waals surface area contributed by atoms with Crippen LogP contribution in [0.2, 0.25) is 10.0 Å². The molecule has 2 aromatic rings. The Balaban J connectivity index is 2.31. The Bertz CT molecular complexity index is 552. The molecule has 0 saturated carbocycles. The van der Waals surface area contributed by atoms with E-state index < -0.39 is 0 Å². The number of aromatic nitrogens is 3. The summed E-state index contributed by atoms with van der Waals surface area (Å²) in [5, 5.41) is 3.69. The van der Waals surface area contributed by atoms with Crippen molar-refractivity contribution in [3.05, 3.63) is 28.2 Å². The number of hydrogen-bond donors (Lipinski definition) is 1. The quantitative estimate of drug-likeness (QED) is 0.936. The Labute approximate surface area is 119 Å². The molecule has 0 aliphatic heterocycles. The summed E-state index contributed by atoms with van der Waals surface area (Å²) in [4.78, 5) is 12.0. The largest absolute Gasteiger partial charge is 0.467 e. The third-order valence-electron chi connectivity index (χ3n) is 2.05. The lowest BCUT2D eigenvalue weighted by molar-refractivity contribution is 0.360. The molecule has 100 valence electrons. The number of hydrogen-bond acceptors (Lipinski definition) is 6. The minimum Gasteiger partial charge on any atom is -0.467 e. The maximum absolute atomic E-state index is 5.88. The Kier molecular flexibility index (Phi) is 4.24. The Hall–Kier alpha value is -1.79. The molecule has 0 amide bonds. The molecule has 0 bridgehead atoms. The molecular weight excluding hydrogens is 291 g/mol. The zero-order valence-corrected chi connectivity index (χ0v) is 11.7. The van der Waals surface area contributed by atoms with Gasteiger partial charge < -0.3 is 14.8 Å². The molecule has 0 unspecified atom stereocenters. The fourth-order valence-electron chi connectivity index (χ4n) is 1.28. The number of rotatable bonds is 4. The van der Waals surface area contributed by atoms with Crippen LogP contribution in [0.4, 0.5) is 5.95 Å². The smallest absolute Gasteiger partial charge is 0.330 e. The molecule has 0 aliphatic rings. The molecule has 2 rings (SSSR count). The summed E-state index contributed by atoms with van der Waals surface area (Å²) in [5.41, 5.74) is 0. The van der Waals surface area contributed by atoms with Gasteiger partial charge in [-0.25, -0.2) is 0 Å². The average Bonchev–Trinajstić information content (AvgIpc) is 2.37. The van der Waals surface area contributed by atoms with Gasteiger partial charge in [-0.2, -0.15) is 9.97 Å². The van der Waals surface area contributed by atoms with Crippen molar-refractivity contribution in [2.45, 2.75) is 0 Å². The van der Waals surface area contributed by atoms with E-state index in [1.54, 1.807) is 25.2 Å². The number of methoxy groups -OCH3 is 1. The second kappa shape index (κ2) is 5.90. The molecule has 6 nitrogen and oxygen atoms in total. The topological polar surface area (TPSA) is 69.2 Å². The summed E-state index contributed by atoms with van der Waals surface area (Å²) in [5.74, 6) is 0.753. The van der Waals surface area contributed by atoms with E-state index in [2.05, 4.69) is 20.3 Å². The minimum atomic E-state index is 0.0783. The van der Waals surface area contributed by atoms with Gasteiger partial charge in [-0.15, -0.1) is 4.98 Å². The molecule has 19 heavy (non-hydrogen) atoms. The van der Waals surface area contributed by atoms with Gasteiger partial charge in [-0.3, -0.25) is 0 Å². The standard InChI is InChI=1S/C11H10Cl2N4O2/c1-14-9-15-10(18-2)17-11(16-9)19-8-4-6(12)3-7(13)5-8/h3-5H,1-2H3,(H,14,15,16,17). The molecule has 1 aromatic heterocycles. The van der Waals surface area contributed by atoms with E-state index in [4.69, 9.17) is 32.7 Å². The van der Waals surface area contributed by atoms with Crippen molar-refractivity contribution in [3.8, 4) is 17.8 Å².